The molecule has 0 aliphatic carbocycles. The van der Waals surface area contributed by atoms with E-state index < -0.39 is 5.97 Å². The van der Waals surface area contributed by atoms with E-state index in [4.69, 9.17) is 10.2 Å². The average molecular weight is 237 g/mol. The van der Waals surface area contributed by atoms with Crippen LogP contribution in [-0.2, 0) is 4.79 Å². The number of nitrogens with zero attached hydrogens (tertiary/aromatic N) is 2. The molecule has 2 N–H and O–H groups in total. The molecule has 0 spiro atoms. The molecule has 86 valence electrons. The van der Waals surface area contributed by atoms with Crippen molar-refractivity contribution in [1.82, 2.24) is 0 Å². The molecule has 0 saturated heterocycles. The fraction of sp³-hybridized carbons (Fsp3) is 0.600. The number of aliphatic hydroxyl groups excluding tert-OH is 1. The molecule has 5 nitrogen and oxygen atoms in total. The Morgan fingerprint density at radius 2 is 2.31 bits per heavy atom. The van der Waals surface area contributed by atoms with E-state index in [1.807, 2.05) is 0 Å². The third-order valence-corrected chi connectivity index (χ3v) is 2.66. The van der Waals surface area contributed by atoms with E-state index >= 15 is 0 Å². The molecule has 6 heteroatoms. The van der Waals surface area contributed by atoms with Crippen LogP contribution < -0.4 is 0 Å². The van der Waals surface area contributed by atoms with Crippen LogP contribution in [0, 0.1) is 0 Å². The number of quaternary nitrogens is 1. The van der Waals surface area contributed by atoms with E-state index in [2.05, 4.69) is 11.6 Å². The number of rotatable bonds is 6. The summed E-state index contributed by atoms with van der Waals surface area (Å²) < 4.78 is 0.276. The molecule has 0 amide bonds. The molecule has 1 heterocycles. The fourth-order valence-corrected chi connectivity index (χ4v) is 1.98. The Hall–Kier alpha value is -0.200. The summed E-state index contributed by atoms with van der Waals surface area (Å²) in [5.74, 6) is -0.0384. The van der Waals surface area contributed by atoms with E-state index in [0.717, 1.165) is 5.84 Å². The molecular formula is C10H18N2NaO3+. The Morgan fingerprint density at radius 3 is 2.81 bits per heavy atom. The number of carboxylic acid groups (broad SMARTS) is 1. The molecule has 0 radical (unpaired) electrons. The van der Waals surface area contributed by atoms with Gasteiger partial charge in [-0.2, -0.15) is 0 Å². The third-order valence-electron chi connectivity index (χ3n) is 2.66. The van der Waals surface area contributed by atoms with Gasteiger partial charge in [-0.1, -0.05) is 6.08 Å². The van der Waals surface area contributed by atoms with Crippen molar-refractivity contribution >= 4 is 41.4 Å². The van der Waals surface area contributed by atoms with Crippen LogP contribution in [0.15, 0.2) is 17.6 Å². The van der Waals surface area contributed by atoms with Gasteiger partial charge in [-0.15, -0.1) is 6.58 Å². The summed E-state index contributed by atoms with van der Waals surface area (Å²) in [7, 11) is 0. The van der Waals surface area contributed by atoms with Crippen molar-refractivity contribution < 1.29 is 19.5 Å². The van der Waals surface area contributed by atoms with Crippen LogP contribution in [0.2, 0.25) is 0 Å². The Kier molecular flexibility index (Phi) is 7.10. The Balaban J connectivity index is 0.00000225. The maximum atomic E-state index is 10.8. The molecule has 16 heavy (non-hydrogen) atoms. The third kappa shape index (κ3) is 3.68. The number of aliphatic imine (C=N–C) groups is 1. The van der Waals surface area contributed by atoms with Crippen molar-refractivity contribution in [3.05, 3.63) is 12.7 Å². The summed E-state index contributed by atoms with van der Waals surface area (Å²) >= 11 is 0. The van der Waals surface area contributed by atoms with Crippen molar-refractivity contribution in [2.24, 2.45) is 4.99 Å². The van der Waals surface area contributed by atoms with Gasteiger partial charge in [-0.05, 0) is 0 Å². The van der Waals surface area contributed by atoms with Gasteiger partial charge in [0.1, 0.15) is 13.1 Å². The van der Waals surface area contributed by atoms with Gasteiger partial charge in [0.25, 0.3) is 0 Å². The number of aliphatic carboxylic acids is 1. The SMILES string of the molecule is C=CCC1=NCC[N+]1(CCO)CC(=O)O.[NaH]. The molecule has 0 bridgehead atoms. The van der Waals surface area contributed by atoms with E-state index in [0.29, 0.717) is 26.1 Å². The van der Waals surface area contributed by atoms with Gasteiger partial charge in [0, 0.05) is 0 Å². The van der Waals surface area contributed by atoms with Crippen LogP contribution in [0.3, 0.4) is 0 Å². The molecule has 0 aromatic heterocycles. The predicted molar refractivity (Wildman–Crippen MR) is 63.8 cm³/mol. The van der Waals surface area contributed by atoms with E-state index in [1.54, 1.807) is 6.08 Å². The van der Waals surface area contributed by atoms with Crippen molar-refractivity contribution in [1.29, 1.82) is 0 Å². The Labute approximate surface area is 117 Å². The quantitative estimate of drug-likeness (QED) is 0.362. The first-order valence-corrected chi connectivity index (χ1v) is 4.98. The zero-order valence-electron chi connectivity index (χ0n) is 8.72. The van der Waals surface area contributed by atoms with Crippen molar-refractivity contribution in [2.45, 2.75) is 6.42 Å². The summed E-state index contributed by atoms with van der Waals surface area (Å²) in [5.41, 5.74) is 0. The number of carbonyl (C=O) groups is 1. The molecule has 1 rings (SSSR count). The van der Waals surface area contributed by atoms with Crippen LogP contribution in [0.4, 0.5) is 0 Å². The first kappa shape index (κ1) is 15.8. The predicted octanol–water partition coefficient (Wildman–Crippen LogP) is -0.780. The molecule has 0 aromatic rings. The topological polar surface area (TPSA) is 69.9 Å². The molecular weight excluding hydrogens is 219 g/mol. The number of hydrogen-bond acceptors (Lipinski definition) is 3. The van der Waals surface area contributed by atoms with E-state index in [-0.39, 0.29) is 47.2 Å². The Bertz CT molecular complexity index is 294. The first-order chi connectivity index (χ1) is 7.14. The van der Waals surface area contributed by atoms with Crippen molar-refractivity contribution in [2.75, 3.05) is 32.8 Å². The van der Waals surface area contributed by atoms with E-state index in [1.165, 1.54) is 0 Å². The van der Waals surface area contributed by atoms with Crippen molar-refractivity contribution in [3.63, 3.8) is 0 Å². The van der Waals surface area contributed by atoms with Crippen LogP contribution in [0.1, 0.15) is 6.42 Å². The van der Waals surface area contributed by atoms with E-state index in [9.17, 15) is 4.79 Å². The number of aliphatic hydroxyl groups is 1. The second kappa shape index (κ2) is 7.19. The molecule has 0 saturated carbocycles. The first-order valence-electron chi connectivity index (χ1n) is 4.98. The molecule has 0 fully saturated rings. The number of amidine groups is 1. The molecule has 1 aliphatic rings. The van der Waals surface area contributed by atoms with Gasteiger partial charge in [0.2, 0.25) is 5.84 Å². The molecule has 0 aromatic carbocycles. The van der Waals surface area contributed by atoms with Crippen LogP contribution in [0.5, 0.6) is 0 Å². The zero-order chi connectivity index (χ0) is 11.3. The number of carboxylic acids is 1. The van der Waals surface area contributed by atoms with Crippen LogP contribution in [0.25, 0.3) is 0 Å². The van der Waals surface area contributed by atoms with Crippen molar-refractivity contribution in [3.8, 4) is 0 Å². The molecule has 1 unspecified atom stereocenters. The summed E-state index contributed by atoms with van der Waals surface area (Å²) in [6.07, 6.45) is 2.31. The van der Waals surface area contributed by atoms with Gasteiger partial charge in [0.15, 0.2) is 6.54 Å². The fourth-order valence-electron chi connectivity index (χ4n) is 1.98. The second-order valence-electron chi connectivity index (χ2n) is 3.66. The van der Waals surface area contributed by atoms with Gasteiger partial charge in [-0.3, -0.25) is 4.48 Å². The minimum absolute atomic E-state index is 0. The summed E-state index contributed by atoms with van der Waals surface area (Å²) in [6, 6.07) is 0. The maximum absolute atomic E-state index is 10.8. The summed E-state index contributed by atoms with van der Waals surface area (Å²) in [4.78, 5) is 15.1. The monoisotopic (exact) mass is 237 g/mol. The zero-order valence-corrected chi connectivity index (χ0v) is 8.72. The average Bonchev–Trinajstić information content (AvgIpc) is 2.49. The molecule has 1 aliphatic heterocycles. The van der Waals surface area contributed by atoms with Crippen LogP contribution in [-0.4, -0.2) is 88.8 Å². The van der Waals surface area contributed by atoms with Crippen LogP contribution >= 0.6 is 0 Å². The summed E-state index contributed by atoms with van der Waals surface area (Å²) in [5, 5.41) is 17.9. The standard InChI is InChI=1S/C10H16N2O3.Na.H/c1-2-3-9-11-4-5-12(9,6-7-13)8-10(14)15;;/h2,13H,1,3-8H2;;/p+1. The normalized spacial score (nSPS) is 23.4. The summed E-state index contributed by atoms with van der Waals surface area (Å²) in [6.45, 7) is 5.31. The van der Waals surface area contributed by atoms with Gasteiger partial charge < -0.3 is 10.2 Å². The van der Waals surface area contributed by atoms with Gasteiger partial charge in [-0.25, -0.2) is 9.79 Å². The second-order valence-corrected chi connectivity index (χ2v) is 3.66. The molecule has 1 atom stereocenters. The van der Waals surface area contributed by atoms with Gasteiger partial charge >= 0.3 is 35.5 Å². The number of hydrogen-bond donors (Lipinski definition) is 2. The van der Waals surface area contributed by atoms with Gasteiger partial charge in [0.05, 0.1) is 19.6 Å². The minimum atomic E-state index is -0.859. The Morgan fingerprint density at radius 1 is 1.62 bits per heavy atom.